The Morgan fingerprint density at radius 1 is 0.917 bits per heavy atom. The molecule has 0 saturated carbocycles. The number of amides is 1. The van der Waals surface area contributed by atoms with Gasteiger partial charge in [0.15, 0.2) is 0 Å². The first kappa shape index (κ1) is 16.2. The minimum atomic E-state index is -5.29. The van der Waals surface area contributed by atoms with Crippen molar-refractivity contribution in [1.82, 2.24) is 0 Å². The second kappa shape index (κ2) is 6.45. The normalized spacial score (nSPS) is 11.2. The van der Waals surface area contributed by atoms with Crippen molar-refractivity contribution >= 4 is 30.2 Å². The zero-order valence-corrected chi connectivity index (χ0v) is 13.2. The van der Waals surface area contributed by atoms with Crippen molar-refractivity contribution in [1.29, 1.82) is 0 Å². The Morgan fingerprint density at radius 2 is 1.50 bits per heavy atom. The molecule has 0 fully saturated rings. The van der Waals surface area contributed by atoms with Crippen molar-refractivity contribution < 1.29 is 23.7 Å². The maximum atomic E-state index is 12.5. The summed E-state index contributed by atoms with van der Waals surface area (Å²) in [7, 11) is -5.29. The van der Waals surface area contributed by atoms with Crippen LogP contribution in [0.5, 0.6) is 5.75 Å². The van der Waals surface area contributed by atoms with Crippen LogP contribution in [0.1, 0.15) is 10.4 Å². The van der Waals surface area contributed by atoms with Crippen LogP contribution in [0.25, 0.3) is 10.8 Å². The first-order valence-corrected chi connectivity index (χ1v) is 8.49. The van der Waals surface area contributed by atoms with E-state index in [0.717, 1.165) is 5.39 Å². The molecule has 7 heteroatoms. The molecule has 24 heavy (non-hydrogen) atoms. The smallest absolute Gasteiger partial charge is 0.259 e. The molecule has 0 saturated heterocycles. The van der Waals surface area contributed by atoms with Gasteiger partial charge < -0.3 is 24.2 Å². The van der Waals surface area contributed by atoms with Gasteiger partial charge in [0.2, 0.25) is 0 Å². The number of carbonyl (C=O) groups is 1. The lowest BCUT2D eigenvalue weighted by Gasteiger charge is -2.30. The molecule has 1 N–H and O–H groups in total. The fourth-order valence-electron chi connectivity index (χ4n) is 2.31. The standard InChI is InChI=1S/C17H14NO5P/c19-17(18-14-8-2-1-3-9-14)15-10-12-6-4-5-7-13(12)11-16(15)23-24(20,21)22/h1-11H,(H,18,19)(H2,20,21,22)/p-2. The Balaban J connectivity index is 2.05. The maximum absolute atomic E-state index is 12.5. The van der Waals surface area contributed by atoms with E-state index >= 15 is 0 Å². The number of fused-ring (bicyclic) bond motifs is 1. The molecule has 3 aromatic rings. The van der Waals surface area contributed by atoms with Crippen molar-refractivity contribution in [3.8, 4) is 5.75 Å². The number of hydrogen-bond acceptors (Lipinski definition) is 5. The summed E-state index contributed by atoms with van der Waals surface area (Å²) >= 11 is 0. The highest BCUT2D eigenvalue weighted by atomic mass is 31.2. The van der Waals surface area contributed by atoms with E-state index in [4.69, 9.17) is 0 Å². The topological polar surface area (TPSA) is 102 Å². The zero-order chi connectivity index (χ0) is 17.2. The van der Waals surface area contributed by atoms with E-state index < -0.39 is 13.7 Å². The quantitative estimate of drug-likeness (QED) is 0.734. The van der Waals surface area contributed by atoms with E-state index in [2.05, 4.69) is 9.84 Å². The average Bonchev–Trinajstić information content (AvgIpc) is 2.53. The van der Waals surface area contributed by atoms with Crippen LogP contribution in [0.4, 0.5) is 5.69 Å². The molecular formula is C17H12NO5P-2. The Bertz CT molecular complexity index is 936. The average molecular weight is 341 g/mol. The van der Waals surface area contributed by atoms with Gasteiger partial charge in [-0.15, -0.1) is 0 Å². The van der Waals surface area contributed by atoms with Crippen LogP contribution in [-0.4, -0.2) is 5.91 Å². The summed E-state index contributed by atoms with van der Waals surface area (Å²) in [4.78, 5) is 34.5. The van der Waals surface area contributed by atoms with Crippen molar-refractivity contribution in [3.63, 3.8) is 0 Å². The van der Waals surface area contributed by atoms with Crippen molar-refractivity contribution in [2.24, 2.45) is 0 Å². The second-order valence-corrected chi connectivity index (χ2v) is 6.13. The largest absolute Gasteiger partial charge is 0.780 e. The van der Waals surface area contributed by atoms with Gasteiger partial charge in [0.25, 0.3) is 5.91 Å². The SMILES string of the molecule is O=C(Nc1ccccc1)c1cc2ccccc2cc1OP(=O)([O-])[O-]. The molecule has 0 radical (unpaired) electrons. The molecule has 0 bridgehead atoms. The van der Waals surface area contributed by atoms with E-state index in [9.17, 15) is 19.1 Å². The lowest BCUT2D eigenvalue weighted by Crippen LogP contribution is -2.20. The highest BCUT2D eigenvalue weighted by Crippen LogP contribution is 2.35. The Labute approximate surface area is 137 Å². The minimum absolute atomic E-state index is 0.0375. The van der Waals surface area contributed by atoms with Gasteiger partial charge in [-0.3, -0.25) is 4.79 Å². The summed E-state index contributed by atoms with van der Waals surface area (Å²) in [5.74, 6) is -0.870. The summed E-state index contributed by atoms with van der Waals surface area (Å²) in [5, 5.41) is 4.00. The molecule has 0 spiro atoms. The van der Waals surface area contributed by atoms with Crippen molar-refractivity contribution in [3.05, 3.63) is 72.3 Å². The third-order valence-electron chi connectivity index (χ3n) is 3.33. The van der Waals surface area contributed by atoms with E-state index in [1.54, 1.807) is 54.6 Å². The second-order valence-electron chi connectivity index (χ2n) is 5.05. The summed E-state index contributed by atoms with van der Waals surface area (Å²) in [5.41, 5.74) is 0.499. The van der Waals surface area contributed by atoms with Crippen LogP contribution < -0.4 is 19.6 Å². The fourth-order valence-corrected chi connectivity index (χ4v) is 2.70. The molecule has 122 valence electrons. The van der Waals surface area contributed by atoms with Gasteiger partial charge in [-0.1, -0.05) is 42.5 Å². The number of carbonyl (C=O) groups excluding carboxylic acids is 1. The van der Waals surface area contributed by atoms with Crippen LogP contribution >= 0.6 is 7.82 Å². The number of phosphoric ester groups is 1. The van der Waals surface area contributed by atoms with Crippen LogP contribution in [0.2, 0.25) is 0 Å². The van der Waals surface area contributed by atoms with E-state index in [1.165, 1.54) is 12.1 Å². The number of benzene rings is 3. The first-order valence-electron chi connectivity index (χ1n) is 7.03. The molecule has 3 aromatic carbocycles. The van der Waals surface area contributed by atoms with Gasteiger partial charge in [-0.2, -0.15) is 0 Å². The number of phosphoric acid groups is 1. The van der Waals surface area contributed by atoms with Crippen molar-refractivity contribution in [2.75, 3.05) is 5.32 Å². The molecule has 1 amide bonds. The Kier molecular flexibility index (Phi) is 4.36. The van der Waals surface area contributed by atoms with Gasteiger partial charge in [0, 0.05) is 5.69 Å². The monoisotopic (exact) mass is 341 g/mol. The summed E-state index contributed by atoms with van der Waals surface area (Å²) < 4.78 is 15.5. The van der Waals surface area contributed by atoms with Crippen molar-refractivity contribution in [2.45, 2.75) is 0 Å². The molecule has 0 atom stereocenters. The number of para-hydroxylation sites is 1. The highest BCUT2D eigenvalue weighted by molar-refractivity contribution is 7.43. The van der Waals surface area contributed by atoms with E-state index in [0.29, 0.717) is 11.1 Å². The molecule has 3 rings (SSSR count). The first-order chi connectivity index (χ1) is 11.4. The van der Waals surface area contributed by atoms with Gasteiger partial charge in [-0.25, -0.2) is 0 Å². The third-order valence-corrected chi connectivity index (χ3v) is 3.75. The summed E-state index contributed by atoms with van der Waals surface area (Å²) in [6.45, 7) is 0. The predicted molar refractivity (Wildman–Crippen MR) is 86.6 cm³/mol. The lowest BCUT2D eigenvalue weighted by atomic mass is 10.1. The summed E-state index contributed by atoms with van der Waals surface area (Å²) in [6, 6.07) is 18.5. The highest BCUT2D eigenvalue weighted by Gasteiger charge is 2.15. The van der Waals surface area contributed by atoms with Crippen LogP contribution in [0.3, 0.4) is 0 Å². The molecule has 0 heterocycles. The number of rotatable bonds is 4. The van der Waals surface area contributed by atoms with Gasteiger partial charge >= 0.3 is 0 Å². The minimum Gasteiger partial charge on any atom is -0.780 e. The Morgan fingerprint density at radius 3 is 2.12 bits per heavy atom. The molecule has 0 aromatic heterocycles. The molecule has 0 unspecified atom stereocenters. The zero-order valence-electron chi connectivity index (χ0n) is 12.3. The Hall–Kier alpha value is -2.66. The van der Waals surface area contributed by atoms with Crippen LogP contribution in [-0.2, 0) is 4.57 Å². The number of hydrogen-bond donors (Lipinski definition) is 1. The molecule has 0 aliphatic heterocycles. The number of anilines is 1. The van der Waals surface area contributed by atoms with Gasteiger partial charge in [0.05, 0.1) is 5.56 Å². The van der Waals surface area contributed by atoms with Crippen LogP contribution in [0.15, 0.2) is 66.7 Å². The summed E-state index contributed by atoms with van der Waals surface area (Å²) in [6.07, 6.45) is 0. The van der Waals surface area contributed by atoms with Crippen LogP contribution in [0, 0.1) is 0 Å². The molecule has 0 aliphatic rings. The maximum Gasteiger partial charge on any atom is 0.259 e. The lowest BCUT2D eigenvalue weighted by molar-refractivity contribution is -0.333. The van der Waals surface area contributed by atoms with E-state index in [1.807, 2.05) is 0 Å². The molecular weight excluding hydrogens is 329 g/mol. The predicted octanol–water partition coefficient (Wildman–Crippen LogP) is 2.30. The number of nitrogens with one attached hydrogen (secondary N) is 1. The van der Waals surface area contributed by atoms with Gasteiger partial charge in [0.1, 0.15) is 13.6 Å². The third kappa shape index (κ3) is 3.81. The molecule has 6 nitrogen and oxygen atoms in total. The molecule has 0 aliphatic carbocycles. The fraction of sp³-hybridized carbons (Fsp3) is 0. The van der Waals surface area contributed by atoms with Gasteiger partial charge in [-0.05, 0) is 35.0 Å². The van der Waals surface area contributed by atoms with E-state index in [-0.39, 0.29) is 11.3 Å².